The molecule has 10 heteroatoms. The molecule has 2 amide bonds. The van der Waals surface area contributed by atoms with Gasteiger partial charge >= 0.3 is 0 Å². The highest BCUT2D eigenvalue weighted by Crippen LogP contribution is 2.15. The van der Waals surface area contributed by atoms with Crippen LogP contribution in [0, 0.1) is 0 Å². The Balaban J connectivity index is 0.00000363. The maximum Gasteiger partial charge on any atom is 0.255 e. The highest BCUT2D eigenvalue weighted by molar-refractivity contribution is 14.0. The maximum atomic E-state index is 12.7. The van der Waals surface area contributed by atoms with Gasteiger partial charge in [-0.05, 0) is 37.5 Å². The van der Waals surface area contributed by atoms with E-state index in [1.807, 2.05) is 30.0 Å². The summed E-state index contributed by atoms with van der Waals surface area (Å²) >= 11 is 0. The Labute approximate surface area is 207 Å². The Morgan fingerprint density at radius 1 is 1.12 bits per heavy atom. The quantitative estimate of drug-likeness (QED) is 0.293. The van der Waals surface area contributed by atoms with Crippen molar-refractivity contribution < 1.29 is 14.3 Å². The number of halogens is 1. The highest BCUT2D eigenvalue weighted by atomic mass is 127. The first kappa shape index (κ1) is 26.2. The van der Waals surface area contributed by atoms with Crippen molar-refractivity contribution in [3.8, 4) is 5.75 Å². The van der Waals surface area contributed by atoms with Gasteiger partial charge in [-0.25, -0.2) is 0 Å². The van der Waals surface area contributed by atoms with Crippen LogP contribution in [0.15, 0.2) is 29.3 Å². The third kappa shape index (κ3) is 7.22. The number of amides is 2. The van der Waals surface area contributed by atoms with Gasteiger partial charge in [0.15, 0.2) is 12.6 Å². The molecule has 0 bridgehead atoms. The van der Waals surface area contributed by atoms with Crippen molar-refractivity contribution in [3.63, 3.8) is 0 Å². The molecule has 2 aliphatic rings. The van der Waals surface area contributed by atoms with Gasteiger partial charge < -0.3 is 25.6 Å². The number of hydrogen-bond acceptors (Lipinski definition) is 5. The molecular weight excluding hydrogens is 523 g/mol. The van der Waals surface area contributed by atoms with E-state index in [-0.39, 0.29) is 42.5 Å². The number of nitrogens with two attached hydrogens (primary N) is 1. The van der Waals surface area contributed by atoms with Crippen molar-refractivity contribution in [1.82, 2.24) is 20.0 Å². The molecule has 1 atom stereocenters. The third-order valence-electron chi connectivity index (χ3n) is 5.88. The number of guanidine groups is 1. The third-order valence-corrected chi connectivity index (χ3v) is 5.88. The van der Waals surface area contributed by atoms with Crippen LogP contribution in [-0.2, 0) is 16.1 Å². The second-order valence-corrected chi connectivity index (χ2v) is 8.03. The molecule has 9 nitrogen and oxygen atoms in total. The Morgan fingerprint density at radius 3 is 2.44 bits per heavy atom. The maximum absolute atomic E-state index is 12.7. The van der Waals surface area contributed by atoms with Gasteiger partial charge in [0.25, 0.3) is 5.91 Å². The molecule has 3 N–H and O–H groups in total. The van der Waals surface area contributed by atoms with E-state index >= 15 is 0 Å². The second kappa shape index (κ2) is 12.8. The van der Waals surface area contributed by atoms with E-state index in [9.17, 15) is 9.59 Å². The fourth-order valence-electron chi connectivity index (χ4n) is 4.09. The summed E-state index contributed by atoms with van der Waals surface area (Å²) in [7, 11) is 1.78. The Kier molecular flexibility index (Phi) is 10.5. The molecule has 1 unspecified atom stereocenters. The number of rotatable bonds is 7. The molecule has 1 aromatic carbocycles. The van der Waals surface area contributed by atoms with Crippen LogP contribution in [-0.4, -0.2) is 91.4 Å². The van der Waals surface area contributed by atoms with E-state index in [0.29, 0.717) is 12.3 Å². The molecule has 0 aromatic heterocycles. The average molecular weight is 558 g/mol. The van der Waals surface area contributed by atoms with Gasteiger partial charge in [-0.1, -0.05) is 12.1 Å². The number of nitrogens with zero attached hydrogens (tertiary/aromatic N) is 4. The molecular formula is C22H35IN6O3. The van der Waals surface area contributed by atoms with E-state index < -0.39 is 5.91 Å². The lowest BCUT2D eigenvalue weighted by Crippen LogP contribution is -2.57. The van der Waals surface area contributed by atoms with Crippen molar-refractivity contribution in [3.05, 3.63) is 29.8 Å². The van der Waals surface area contributed by atoms with Gasteiger partial charge in [0.05, 0.1) is 6.04 Å². The van der Waals surface area contributed by atoms with Crippen molar-refractivity contribution in [2.45, 2.75) is 32.4 Å². The predicted molar refractivity (Wildman–Crippen MR) is 135 cm³/mol. The summed E-state index contributed by atoms with van der Waals surface area (Å²) in [6.07, 6.45) is 2.24. The Hall–Kier alpha value is -2.08. The normalized spacial score (nSPS) is 18.1. The number of likely N-dealkylation sites (tertiary alicyclic amines) is 1. The summed E-state index contributed by atoms with van der Waals surface area (Å²) in [5, 5.41) is 3.39. The molecule has 2 aliphatic heterocycles. The lowest BCUT2D eigenvalue weighted by atomic mass is 10.2. The topological polar surface area (TPSA) is 103 Å². The van der Waals surface area contributed by atoms with Gasteiger partial charge in [-0.3, -0.25) is 19.5 Å². The zero-order valence-electron chi connectivity index (χ0n) is 19.0. The number of hydrogen-bond donors (Lipinski definition) is 2. The number of carbonyl (C=O) groups is 2. The largest absolute Gasteiger partial charge is 0.484 e. The fourth-order valence-corrected chi connectivity index (χ4v) is 4.09. The summed E-state index contributed by atoms with van der Waals surface area (Å²) in [5.74, 6) is 1.20. The number of nitrogens with one attached hydrogen (secondary N) is 1. The van der Waals surface area contributed by atoms with E-state index in [2.05, 4.69) is 20.1 Å². The average Bonchev–Trinajstić information content (AvgIpc) is 3.33. The van der Waals surface area contributed by atoms with Gasteiger partial charge in [0, 0.05) is 52.9 Å². The summed E-state index contributed by atoms with van der Waals surface area (Å²) in [6, 6.07) is 7.48. The minimum absolute atomic E-state index is 0. The lowest BCUT2D eigenvalue weighted by molar-refractivity contribution is -0.135. The predicted octanol–water partition coefficient (Wildman–Crippen LogP) is 0.873. The molecule has 0 spiro atoms. The molecule has 0 saturated carbocycles. The molecule has 1 aromatic rings. The van der Waals surface area contributed by atoms with Crippen LogP contribution < -0.4 is 15.8 Å². The minimum Gasteiger partial charge on any atom is -0.484 e. The molecule has 2 fully saturated rings. The van der Waals surface area contributed by atoms with Crippen molar-refractivity contribution >= 4 is 41.8 Å². The first-order valence-electron chi connectivity index (χ1n) is 11.0. The Morgan fingerprint density at radius 2 is 1.81 bits per heavy atom. The highest BCUT2D eigenvalue weighted by Gasteiger charge is 2.30. The smallest absolute Gasteiger partial charge is 0.255 e. The number of benzene rings is 1. The number of primary amides is 1. The van der Waals surface area contributed by atoms with Gasteiger partial charge in [-0.15, -0.1) is 24.0 Å². The summed E-state index contributed by atoms with van der Waals surface area (Å²) < 4.78 is 5.37. The first-order valence-corrected chi connectivity index (χ1v) is 11.0. The van der Waals surface area contributed by atoms with Crippen LogP contribution in [0.4, 0.5) is 0 Å². The van der Waals surface area contributed by atoms with E-state index in [4.69, 9.17) is 10.5 Å². The molecule has 0 aliphatic carbocycles. The minimum atomic E-state index is -0.500. The SMILES string of the molecule is CN=C(NCc1cccc(OCC(N)=O)c1)N1CCN(C(C)C(=O)N2CCCC2)CC1.I. The van der Waals surface area contributed by atoms with Crippen LogP contribution in [0.25, 0.3) is 0 Å². The monoisotopic (exact) mass is 558 g/mol. The zero-order valence-corrected chi connectivity index (χ0v) is 21.3. The molecule has 0 radical (unpaired) electrons. The summed E-state index contributed by atoms with van der Waals surface area (Å²) in [6.45, 7) is 7.57. The number of piperazine rings is 1. The zero-order chi connectivity index (χ0) is 22.2. The summed E-state index contributed by atoms with van der Waals surface area (Å²) in [4.78, 5) is 34.5. The number of carbonyl (C=O) groups excluding carboxylic acids is 2. The van der Waals surface area contributed by atoms with Crippen LogP contribution in [0.1, 0.15) is 25.3 Å². The van der Waals surface area contributed by atoms with E-state index in [0.717, 1.165) is 63.6 Å². The van der Waals surface area contributed by atoms with Gasteiger partial charge in [-0.2, -0.15) is 0 Å². The van der Waals surface area contributed by atoms with E-state index in [1.165, 1.54) is 0 Å². The molecule has 2 saturated heterocycles. The van der Waals surface area contributed by atoms with Crippen molar-refractivity contribution in [2.75, 3.05) is 52.9 Å². The van der Waals surface area contributed by atoms with Crippen LogP contribution >= 0.6 is 24.0 Å². The standard InChI is InChI=1S/C22H34N6O3.HI/c1-17(21(30)27-8-3-4-9-27)26-10-12-28(13-11-26)22(24-2)25-15-18-6-5-7-19(14-18)31-16-20(23)29;/h5-7,14,17H,3-4,8-13,15-16H2,1-2H3,(H2,23,29)(H,24,25);1H. The Bertz CT molecular complexity index is 792. The fraction of sp³-hybridized carbons (Fsp3) is 0.591. The molecule has 3 rings (SSSR count). The van der Waals surface area contributed by atoms with Gasteiger partial charge in [0.1, 0.15) is 5.75 Å². The molecule has 32 heavy (non-hydrogen) atoms. The van der Waals surface area contributed by atoms with Gasteiger partial charge in [0.2, 0.25) is 5.91 Å². The lowest BCUT2D eigenvalue weighted by Gasteiger charge is -2.39. The number of ether oxygens (including phenoxy) is 1. The van der Waals surface area contributed by atoms with Crippen molar-refractivity contribution in [2.24, 2.45) is 10.7 Å². The molecule has 178 valence electrons. The van der Waals surface area contributed by atoms with Crippen LogP contribution in [0.2, 0.25) is 0 Å². The van der Waals surface area contributed by atoms with Crippen molar-refractivity contribution in [1.29, 1.82) is 0 Å². The number of aliphatic imine (C=N–C) groups is 1. The van der Waals surface area contributed by atoms with Crippen LogP contribution in [0.3, 0.4) is 0 Å². The first-order chi connectivity index (χ1) is 15.0. The molecule has 2 heterocycles. The second-order valence-electron chi connectivity index (χ2n) is 8.03. The van der Waals surface area contributed by atoms with E-state index in [1.54, 1.807) is 13.1 Å². The summed E-state index contributed by atoms with van der Waals surface area (Å²) in [5.41, 5.74) is 6.15. The van der Waals surface area contributed by atoms with Crippen LogP contribution in [0.5, 0.6) is 5.75 Å².